The van der Waals surface area contributed by atoms with Crippen LogP contribution < -0.4 is 4.74 Å². The fraction of sp³-hybridized carbons (Fsp3) is 0.484. The van der Waals surface area contributed by atoms with Gasteiger partial charge < -0.3 is 19.4 Å². The van der Waals surface area contributed by atoms with Crippen molar-refractivity contribution in [2.45, 2.75) is 44.3 Å². The van der Waals surface area contributed by atoms with E-state index >= 15 is 0 Å². The van der Waals surface area contributed by atoms with Crippen LogP contribution in [0.15, 0.2) is 54.6 Å². The van der Waals surface area contributed by atoms with Crippen molar-refractivity contribution in [3.05, 3.63) is 76.3 Å². The van der Waals surface area contributed by atoms with Gasteiger partial charge in [0.25, 0.3) is 5.91 Å². The molecule has 2 aliphatic rings. The van der Waals surface area contributed by atoms with Crippen LogP contribution in [-0.2, 0) is 11.0 Å². The van der Waals surface area contributed by atoms with Gasteiger partial charge >= 0.3 is 6.18 Å². The molecule has 0 spiro atoms. The molecule has 10 heteroatoms. The molecule has 2 amide bonds. The van der Waals surface area contributed by atoms with E-state index in [0.717, 1.165) is 69.3 Å². The fourth-order valence-electron chi connectivity index (χ4n) is 5.82. The predicted octanol–water partition coefficient (Wildman–Crippen LogP) is 6.11. The Morgan fingerprint density at radius 3 is 2.34 bits per heavy atom. The summed E-state index contributed by atoms with van der Waals surface area (Å²) in [5.74, 6) is -1.16. The Bertz CT molecular complexity index is 1260. The third kappa shape index (κ3) is 7.25. The Balaban J connectivity index is 1.54. The number of nitrogens with zero attached hydrogens (tertiary/aromatic N) is 3. The van der Waals surface area contributed by atoms with Gasteiger partial charge in [-0.3, -0.25) is 9.59 Å². The van der Waals surface area contributed by atoms with Crippen LogP contribution in [0.1, 0.15) is 53.6 Å². The molecular formula is C31H37ClF3N3O3. The van der Waals surface area contributed by atoms with Gasteiger partial charge in [-0.05, 0) is 75.2 Å². The van der Waals surface area contributed by atoms with Gasteiger partial charge in [-0.25, -0.2) is 0 Å². The fourth-order valence-corrected chi connectivity index (χ4v) is 5.95. The molecule has 0 bridgehead atoms. The summed E-state index contributed by atoms with van der Waals surface area (Å²) in [4.78, 5) is 32.9. The van der Waals surface area contributed by atoms with Crippen LogP contribution in [0.4, 0.5) is 13.2 Å². The Morgan fingerprint density at radius 1 is 1.10 bits per heavy atom. The van der Waals surface area contributed by atoms with Crippen LogP contribution in [0.2, 0.25) is 5.02 Å². The van der Waals surface area contributed by atoms with Crippen molar-refractivity contribution < 1.29 is 27.5 Å². The minimum atomic E-state index is -4.68. The molecule has 2 aromatic rings. The number of ether oxygens (including phenoxy) is 1. The number of carbonyl (C=O) groups excluding carboxylic acids is 2. The summed E-state index contributed by atoms with van der Waals surface area (Å²) >= 11 is 6.12. The molecule has 41 heavy (non-hydrogen) atoms. The molecule has 4 rings (SSSR count). The highest BCUT2D eigenvalue weighted by atomic mass is 35.5. The van der Waals surface area contributed by atoms with Crippen molar-refractivity contribution in [3.63, 3.8) is 0 Å². The molecule has 0 aromatic heterocycles. The largest absolute Gasteiger partial charge is 0.496 e. The lowest BCUT2D eigenvalue weighted by atomic mass is 9.93. The average molecular weight is 592 g/mol. The summed E-state index contributed by atoms with van der Waals surface area (Å²) in [7, 11) is 2.74. The van der Waals surface area contributed by atoms with Gasteiger partial charge in [0.05, 0.1) is 18.7 Å². The number of methoxy groups -OCH3 is 1. The number of likely N-dealkylation sites (N-methyl/N-ethyl adjacent to an activating group) is 1. The first-order valence-corrected chi connectivity index (χ1v) is 14.2. The standard InChI is InChI=1S/C31H37ClF3N3O3/c1-20(2)11-14-37-15-12-22(13-16-37)30(40)38-18-25(21-5-8-24(32)9-6-21)27(19-38)36(3)29(39)23-7-10-28(41-4)26(17-23)31(33,34)35/h5-10,17,22,25,27H,1,11-16,18-19H2,2-4H3/t25-,27+/m1/s1. The molecule has 2 fully saturated rings. The highest BCUT2D eigenvalue weighted by Gasteiger charge is 2.42. The lowest BCUT2D eigenvalue weighted by molar-refractivity contribution is -0.139. The summed E-state index contributed by atoms with van der Waals surface area (Å²) in [5, 5.41) is 0.567. The van der Waals surface area contributed by atoms with Gasteiger partial charge in [0.15, 0.2) is 0 Å². The third-order valence-corrected chi connectivity index (χ3v) is 8.51. The molecular weight excluding hydrogens is 555 g/mol. The number of carbonyl (C=O) groups is 2. The second kappa shape index (κ2) is 12.9. The number of likely N-dealkylation sites (tertiary alicyclic amines) is 2. The number of halogens is 4. The highest BCUT2D eigenvalue weighted by Crippen LogP contribution is 2.38. The third-order valence-electron chi connectivity index (χ3n) is 8.26. The van der Waals surface area contributed by atoms with Crippen LogP contribution in [0, 0.1) is 5.92 Å². The van der Waals surface area contributed by atoms with Crippen LogP contribution in [0.25, 0.3) is 0 Å². The monoisotopic (exact) mass is 591 g/mol. The number of piperidine rings is 1. The van der Waals surface area contributed by atoms with Gasteiger partial charge in [-0.1, -0.05) is 29.3 Å². The maximum atomic E-state index is 13.7. The SMILES string of the molecule is C=C(C)CCN1CCC(C(=O)N2C[C@H](c3ccc(Cl)cc3)[C@@H](N(C)C(=O)c3ccc(OC)c(C(F)(F)F)c3)C2)CC1. The molecule has 0 saturated carbocycles. The highest BCUT2D eigenvalue weighted by molar-refractivity contribution is 6.30. The molecule has 2 aromatic carbocycles. The van der Waals surface area contributed by atoms with E-state index in [1.54, 1.807) is 19.2 Å². The Hall–Kier alpha value is -3.04. The molecule has 0 unspecified atom stereocenters. The molecule has 222 valence electrons. The number of rotatable bonds is 8. The number of benzene rings is 2. The van der Waals surface area contributed by atoms with Crippen molar-refractivity contribution in [2.75, 3.05) is 46.9 Å². The molecule has 0 N–H and O–H groups in total. The maximum absolute atomic E-state index is 13.7. The van der Waals surface area contributed by atoms with Crippen molar-refractivity contribution in [1.29, 1.82) is 0 Å². The van der Waals surface area contributed by atoms with E-state index in [-0.39, 0.29) is 29.1 Å². The molecule has 0 aliphatic carbocycles. The van der Waals surface area contributed by atoms with E-state index < -0.39 is 23.7 Å². The zero-order valence-electron chi connectivity index (χ0n) is 23.7. The minimum Gasteiger partial charge on any atom is -0.496 e. The zero-order chi connectivity index (χ0) is 29.9. The Labute approximate surface area is 244 Å². The van der Waals surface area contributed by atoms with Gasteiger partial charge in [0, 0.05) is 49.1 Å². The average Bonchev–Trinajstić information content (AvgIpc) is 3.40. The smallest absolute Gasteiger partial charge is 0.419 e. The predicted molar refractivity (Wildman–Crippen MR) is 153 cm³/mol. The number of hydrogen-bond acceptors (Lipinski definition) is 4. The molecule has 2 atom stereocenters. The van der Waals surface area contributed by atoms with Crippen molar-refractivity contribution in [1.82, 2.24) is 14.7 Å². The van der Waals surface area contributed by atoms with E-state index in [4.69, 9.17) is 16.3 Å². The van der Waals surface area contributed by atoms with E-state index in [0.29, 0.717) is 18.1 Å². The first kappa shape index (κ1) is 30.9. The second-order valence-electron chi connectivity index (χ2n) is 11.1. The lowest BCUT2D eigenvalue weighted by Crippen LogP contribution is -2.44. The Kier molecular flexibility index (Phi) is 9.70. The van der Waals surface area contributed by atoms with E-state index in [2.05, 4.69) is 11.5 Å². The summed E-state index contributed by atoms with van der Waals surface area (Å²) in [5.41, 5.74) is 0.950. The van der Waals surface area contributed by atoms with Crippen molar-refractivity contribution in [2.24, 2.45) is 5.92 Å². The quantitative estimate of drug-likeness (QED) is 0.348. The van der Waals surface area contributed by atoms with Gasteiger partial charge in [0.2, 0.25) is 5.91 Å². The first-order valence-electron chi connectivity index (χ1n) is 13.8. The van der Waals surface area contributed by atoms with Gasteiger partial charge in [-0.15, -0.1) is 6.58 Å². The van der Waals surface area contributed by atoms with Crippen LogP contribution in [0.5, 0.6) is 5.75 Å². The molecule has 2 aliphatic heterocycles. The van der Waals surface area contributed by atoms with E-state index in [1.165, 1.54) is 11.0 Å². The van der Waals surface area contributed by atoms with Gasteiger partial charge in [-0.2, -0.15) is 13.2 Å². The summed E-state index contributed by atoms with van der Waals surface area (Å²) < 4.78 is 45.8. The Morgan fingerprint density at radius 2 is 1.76 bits per heavy atom. The normalized spacial score (nSPS) is 20.2. The summed E-state index contributed by atoms with van der Waals surface area (Å²) in [6.07, 6.45) is -2.21. The van der Waals surface area contributed by atoms with E-state index in [9.17, 15) is 22.8 Å². The number of hydrogen-bond donors (Lipinski definition) is 0. The zero-order valence-corrected chi connectivity index (χ0v) is 24.5. The number of alkyl halides is 3. The van der Waals surface area contributed by atoms with Crippen molar-refractivity contribution in [3.8, 4) is 5.75 Å². The molecule has 2 heterocycles. The van der Waals surface area contributed by atoms with Crippen LogP contribution in [0.3, 0.4) is 0 Å². The topological polar surface area (TPSA) is 53.1 Å². The number of amides is 2. The molecule has 0 radical (unpaired) electrons. The van der Waals surface area contributed by atoms with E-state index in [1.807, 2.05) is 24.0 Å². The maximum Gasteiger partial charge on any atom is 0.419 e. The summed E-state index contributed by atoms with van der Waals surface area (Å²) in [6.45, 7) is 9.33. The van der Waals surface area contributed by atoms with Crippen molar-refractivity contribution >= 4 is 23.4 Å². The second-order valence-corrected chi connectivity index (χ2v) is 11.6. The molecule has 2 saturated heterocycles. The van der Waals surface area contributed by atoms with Crippen LogP contribution >= 0.6 is 11.6 Å². The van der Waals surface area contributed by atoms with Crippen LogP contribution in [-0.4, -0.2) is 79.4 Å². The van der Waals surface area contributed by atoms with Gasteiger partial charge in [0.1, 0.15) is 5.75 Å². The summed E-state index contributed by atoms with van der Waals surface area (Å²) in [6, 6.07) is 10.2. The first-order chi connectivity index (χ1) is 19.4. The minimum absolute atomic E-state index is 0.0654. The molecule has 6 nitrogen and oxygen atoms in total. The lowest BCUT2D eigenvalue weighted by Gasteiger charge is -2.33.